The quantitative estimate of drug-likeness (QED) is 0.924. The summed E-state index contributed by atoms with van der Waals surface area (Å²) in [5.41, 5.74) is 6.83. The second-order valence-electron chi connectivity index (χ2n) is 4.85. The van der Waals surface area contributed by atoms with E-state index in [9.17, 15) is 0 Å². The number of hydrogen-bond acceptors (Lipinski definition) is 2. The van der Waals surface area contributed by atoms with Gasteiger partial charge in [-0.25, -0.2) is 0 Å². The number of nitrogens with two attached hydrogens (primary N) is 1. The molecule has 1 aliphatic rings. The highest BCUT2D eigenvalue weighted by Crippen LogP contribution is 2.27. The SMILES string of the molecule is CC1CC(CN)CN1Cc1cc(Cl)ccc1Cl.Cl. The lowest BCUT2D eigenvalue weighted by Gasteiger charge is -2.21. The number of benzene rings is 1. The van der Waals surface area contributed by atoms with E-state index in [0.29, 0.717) is 12.0 Å². The first-order chi connectivity index (χ1) is 8.10. The summed E-state index contributed by atoms with van der Waals surface area (Å²) < 4.78 is 0. The monoisotopic (exact) mass is 308 g/mol. The van der Waals surface area contributed by atoms with Gasteiger partial charge < -0.3 is 5.73 Å². The van der Waals surface area contributed by atoms with Crippen LogP contribution in [0.1, 0.15) is 18.9 Å². The summed E-state index contributed by atoms with van der Waals surface area (Å²) in [7, 11) is 0. The van der Waals surface area contributed by atoms with E-state index in [1.807, 2.05) is 18.2 Å². The molecule has 0 aliphatic carbocycles. The van der Waals surface area contributed by atoms with Crippen LogP contribution in [-0.4, -0.2) is 24.0 Å². The zero-order valence-corrected chi connectivity index (χ0v) is 12.7. The fraction of sp³-hybridized carbons (Fsp3) is 0.538. The van der Waals surface area contributed by atoms with Crippen molar-refractivity contribution in [2.24, 2.45) is 11.7 Å². The summed E-state index contributed by atoms with van der Waals surface area (Å²) in [5, 5.41) is 1.53. The Morgan fingerprint density at radius 2 is 2.11 bits per heavy atom. The molecular weight excluding hydrogens is 291 g/mol. The normalized spacial score (nSPS) is 24.0. The van der Waals surface area contributed by atoms with E-state index >= 15 is 0 Å². The zero-order valence-electron chi connectivity index (χ0n) is 10.4. The number of nitrogens with zero attached hydrogens (tertiary/aromatic N) is 1. The summed E-state index contributed by atoms with van der Waals surface area (Å²) in [6.45, 7) is 4.93. The molecule has 2 nitrogen and oxygen atoms in total. The fourth-order valence-corrected chi connectivity index (χ4v) is 2.86. The second-order valence-corrected chi connectivity index (χ2v) is 5.70. The third kappa shape index (κ3) is 3.75. The molecule has 2 atom stereocenters. The number of hydrogen-bond donors (Lipinski definition) is 1. The molecule has 2 rings (SSSR count). The minimum atomic E-state index is 0. The molecule has 0 saturated carbocycles. The highest BCUT2D eigenvalue weighted by atomic mass is 35.5. The minimum absolute atomic E-state index is 0. The molecule has 102 valence electrons. The Labute approximate surface area is 125 Å². The van der Waals surface area contributed by atoms with Gasteiger partial charge in [0.2, 0.25) is 0 Å². The van der Waals surface area contributed by atoms with E-state index in [1.54, 1.807) is 0 Å². The predicted octanol–water partition coefficient (Wildman–Crippen LogP) is 3.58. The first-order valence-corrected chi connectivity index (χ1v) is 6.73. The van der Waals surface area contributed by atoms with Gasteiger partial charge in [-0.1, -0.05) is 23.2 Å². The Bertz CT molecular complexity index is 398. The van der Waals surface area contributed by atoms with Crippen LogP contribution in [0.25, 0.3) is 0 Å². The van der Waals surface area contributed by atoms with Crippen molar-refractivity contribution in [1.29, 1.82) is 0 Å². The van der Waals surface area contributed by atoms with Gasteiger partial charge in [-0.05, 0) is 49.6 Å². The molecule has 18 heavy (non-hydrogen) atoms. The molecule has 1 fully saturated rings. The molecule has 0 amide bonds. The van der Waals surface area contributed by atoms with Crippen molar-refractivity contribution in [3.63, 3.8) is 0 Å². The lowest BCUT2D eigenvalue weighted by atomic mass is 10.1. The third-order valence-electron chi connectivity index (χ3n) is 3.51. The summed E-state index contributed by atoms with van der Waals surface area (Å²) in [4.78, 5) is 2.43. The lowest BCUT2D eigenvalue weighted by Crippen LogP contribution is -2.27. The van der Waals surface area contributed by atoms with Crippen LogP contribution < -0.4 is 5.73 Å². The van der Waals surface area contributed by atoms with Crippen LogP contribution >= 0.6 is 35.6 Å². The fourth-order valence-electron chi connectivity index (χ4n) is 2.49. The van der Waals surface area contributed by atoms with E-state index in [0.717, 1.165) is 35.2 Å². The highest BCUT2D eigenvalue weighted by molar-refractivity contribution is 6.33. The average Bonchev–Trinajstić information content (AvgIpc) is 2.65. The van der Waals surface area contributed by atoms with Crippen LogP contribution in [-0.2, 0) is 6.54 Å². The van der Waals surface area contributed by atoms with Crippen LogP contribution in [0.4, 0.5) is 0 Å². The summed E-state index contributed by atoms with van der Waals surface area (Å²) in [5.74, 6) is 0.614. The van der Waals surface area contributed by atoms with Crippen LogP contribution in [0, 0.1) is 5.92 Å². The van der Waals surface area contributed by atoms with Gasteiger partial charge in [-0.2, -0.15) is 0 Å². The van der Waals surface area contributed by atoms with Gasteiger partial charge >= 0.3 is 0 Å². The van der Waals surface area contributed by atoms with E-state index < -0.39 is 0 Å². The Hall–Kier alpha value is 0.01000. The van der Waals surface area contributed by atoms with Gasteiger partial charge in [0.25, 0.3) is 0 Å². The smallest absolute Gasteiger partial charge is 0.0452 e. The van der Waals surface area contributed by atoms with Crippen molar-refractivity contribution < 1.29 is 0 Å². The number of halogens is 3. The molecule has 0 spiro atoms. The maximum absolute atomic E-state index is 6.18. The van der Waals surface area contributed by atoms with Gasteiger partial charge in [0.05, 0.1) is 0 Å². The van der Waals surface area contributed by atoms with Gasteiger partial charge in [0.1, 0.15) is 0 Å². The first kappa shape index (κ1) is 16.1. The van der Waals surface area contributed by atoms with E-state index in [-0.39, 0.29) is 12.4 Å². The molecule has 0 bridgehead atoms. The molecule has 1 aromatic carbocycles. The topological polar surface area (TPSA) is 29.3 Å². The first-order valence-electron chi connectivity index (χ1n) is 5.98. The Morgan fingerprint density at radius 3 is 2.72 bits per heavy atom. The molecule has 2 N–H and O–H groups in total. The lowest BCUT2D eigenvalue weighted by molar-refractivity contribution is 0.256. The molecular formula is C13H19Cl3N2. The maximum Gasteiger partial charge on any atom is 0.0452 e. The van der Waals surface area contributed by atoms with E-state index in [2.05, 4.69) is 11.8 Å². The third-order valence-corrected chi connectivity index (χ3v) is 4.11. The van der Waals surface area contributed by atoms with Crippen molar-refractivity contribution in [2.75, 3.05) is 13.1 Å². The molecule has 2 unspecified atom stereocenters. The Kier molecular flexibility index (Phi) is 6.22. The summed E-state index contributed by atoms with van der Waals surface area (Å²) >= 11 is 12.2. The molecule has 1 heterocycles. The van der Waals surface area contributed by atoms with Crippen molar-refractivity contribution in [3.05, 3.63) is 33.8 Å². The van der Waals surface area contributed by atoms with Gasteiger partial charge in [-0.3, -0.25) is 4.90 Å². The molecule has 0 radical (unpaired) electrons. The van der Waals surface area contributed by atoms with Crippen LogP contribution in [0.5, 0.6) is 0 Å². The predicted molar refractivity (Wildman–Crippen MR) is 80.7 cm³/mol. The van der Waals surface area contributed by atoms with Crippen molar-refractivity contribution in [3.8, 4) is 0 Å². The van der Waals surface area contributed by atoms with Gasteiger partial charge in [0.15, 0.2) is 0 Å². The Balaban J connectivity index is 0.00000162. The molecule has 0 aromatic heterocycles. The molecule has 1 saturated heterocycles. The van der Waals surface area contributed by atoms with Crippen LogP contribution in [0.2, 0.25) is 10.0 Å². The standard InChI is InChI=1S/C13H18Cl2N2.ClH/c1-9-4-10(6-16)7-17(9)8-11-5-12(14)2-3-13(11)15;/h2-3,5,9-10H,4,6-8,16H2,1H3;1H. The highest BCUT2D eigenvalue weighted by Gasteiger charge is 2.28. The van der Waals surface area contributed by atoms with Gasteiger partial charge in [-0.15, -0.1) is 12.4 Å². The summed E-state index contributed by atoms with van der Waals surface area (Å²) in [6.07, 6.45) is 1.18. The van der Waals surface area contributed by atoms with Crippen molar-refractivity contribution >= 4 is 35.6 Å². The van der Waals surface area contributed by atoms with Crippen molar-refractivity contribution in [2.45, 2.75) is 25.9 Å². The number of rotatable bonds is 3. The Morgan fingerprint density at radius 1 is 1.39 bits per heavy atom. The van der Waals surface area contributed by atoms with Crippen LogP contribution in [0.15, 0.2) is 18.2 Å². The van der Waals surface area contributed by atoms with E-state index in [4.69, 9.17) is 28.9 Å². The number of likely N-dealkylation sites (tertiary alicyclic amines) is 1. The largest absolute Gasteiger partial charge is 0.330 e. The van der Waals surface area contributed by atoms with Gasteiger partial charge in [0, 0.05) is 29.2 Å². The second kappa shape index (κ2) is 6.97. The molecule has 1 aromatic rings. The average molecular weight is 310 g/mol. The molecule has 1 aliphatic heterocycles. The van der Waals surface area contributed by atoms with Crippen molar-refractivity contribution in [1.82, 2.24) is 4.90 Å². The minimum Gasteiger partial charge on any atom is -0.330 e. The maximum atomic E-state index is 6.18. The van der Waals surface area contributed by atoms with E-state index in [1.165, 1.54) is 6.42 Å². The zero-order chi connectivity index (χ0) is 12.4. The van der Waals surface area contributed by atoms with Crippen LogP contribution in [0.3, 0.4) is 0 Å². The summed E-state index contributed by atoms with van der Waals surface area (Å²) in [6, 6.07) is 6.20. The molecule has 5 heteroatoms.